The number of carbonyl (C=O) groups is 3. The lowest BCUT2D eigenvalue weighted by atomic mass is 10.1. The zero-order chi connectivity index (χ0) is 15.9. The Labute approximate surface area is 129 Å². The zero-order valence-electron chi connectivity index (χ0n) is 12.5. The van der Waals surface area contributed by atoms with Crippen molar-refractivity contribution in [3.63, 3.8) is 0 Å². The van der Waals surface area contributed by atoms with Crippen molar-refractivity contribution < 1.29 is 23.9 Å². The van der Waals surface area contributed by atoms with Gasteiger partial charge < -0.3 is 9.47 Å². The van der Waals surface area contributed by atoms with Gasteiger partial charge in [-0.2, -0.15) is 0 Å². The maximum Gasteiger partial charge on any atom is 0.410 e. The van der Waals surface area contributed by atoms with Crippen molar-refractivity contribution in [2.24, 2.45) is 0 Å². The van der Waals surface area contributed by atoms with Crippen molar-refractivity contribution in [2.45, 2.75) is 32.4 Å². The van der Waals surface area contributed by atoms with Crippen LogP contribution in [0.2, 0.25) is 0 Å². The third-order valence-corrected chi connectivity index (χ3v) is 3.45. The maximum atomic E-state index is 12.1. The summed E-state index contributed by atoms with van der Waals surface area (Å²) in [5.74, 6) is -0.617. The Hall–Kier alpha value is -2.37. The summed E-state index contributed by atoms with van der Waals surface area (Å²) in [6, 6.07) is 8.50. The van der Waals surface area contributed by atoms with E-state index < -0.39 is 18.1 Å². The summed E-state index contributed by atoms with van der Waals surface area (Å²) in [5.41, 5.74) is 0.864. The fourth-order valence-electron chi connectivity index (χ4n) is 2.35. The van der Waals surface area contributed by atoms with E-state index in [0.717, 1.165) is 5.56 Å². The molecule has 1 aliphatic heterocycles. The molecule has 118 valence electrons. The molecule has 0 aromatic heterocycles. The molecule has 1 aliphatic rings. The second-order valence-electron chi connectivity index (χ2n) is 4.97. The molecule has 2 rings (SSSR count). The van der Waals surface area contributed by atoms with Crippen LogP contribution in [-0.4, -0.2) is 41.9 Å². The van der Waals surface area contributed by atoms with Crippen LogP contribution in [0.3, 0.4) is 0 Å². The molecule has 6 nitrogen and oxygen atoms in total. The van der Waals surface area contributed by atoms with Gasteiger partial charge in [0.1, 0.15) is 12.6 Å². The summed E-state index contributed by atoms with van der Waals surface area (Å²) in [7, 11) is 0. The van der Waals surface area contributed by atoms with Crippen LogP contribution in [0.5, 0.6) is 0 Å². The molecule has 0 N–H and O–H groups in total. The molecule has 0 aliphatic carbocycles. The topological polar surface area (TPSA) is 72.9 Å². The van der Waals surface area contributed by atoms with E-state index in [4.69, 9.17) is 9.47 Å². The van der Waals surface area contributed by atoms with Crippen LogP contribution in [0.4, 0.5) is 4.79 Å². The van der Waals surface area contributed by atoms with E-state index in [0.29, 0.717) is 0 Å². The number of ether oxygens (including phenoxy) is 2. The average Bonchev–Trinajstić information content (AvgIpc) is 2.87. The van der Waals surface area contributed by atoms with E-state index in [1.807, 2.05) is 30.3 Å². The highest BCUT2D eigenvalue weighted by atomic mass is 16.6. The van der Waals surface area contributed by atoms with Crippen molar-refractivity contribution in [2.75, 3.05) is 13.2 Å². The summed E-state index contributed by atoms with van der Waals surface area (Å²) < 4.78 is 10.1. The quantitative estimate of drug-likeness (QED) is 0.777. The molecule has 1 heterocycles. The second-order valence-corrected chi connectivity index (χ2v) is 4.97. The number of Topliss-reactive ketones (excluding diaryl/α,β-unsaturated/α-hetero) is 1. The summed E-state index contributed by atoms with van der Waals surface area (Å²) >= 11 is 0. The first kappa shape index (κ1) is 16.0. The van der Waals surface area contributed by atoms with Gasteiger partial charge in [0, 0.05) is 13.0 Å². The molecule has 1 amide bonds. The van der Waals surface area contributed by atoms with Crippen LogP contribution >= 0.6 is 0 Å². The molecule has 1 fully saturated rings. The lowest BCUT2D eigenvalue weighted by molar-refractivity contribution is -0.145. The van der Waals surface area contributed by atoms with Gasteiger partial charge in [-0.05, 0) is 12.5 Å². The Balaban J connectivity index is 1.92. The van der Waals surface area contributed by atoms with Gasteiger partial charge >= 0.3 is 12.1 Å². The smallest absolute Gasteiger partial charge is 0.410 e. The van der Waals surface area contributed by atoms with Crippen LogP contribution in [-0.2, 0) is 25.7 Å². The average molecular weight is 305 g/mol. The van der Waals surface area contributed by atoms with E-state index in [2.05, 4.69) is 0 Å². The van der Waals surface area contributed by atoms with Crippen LogP contribution in [0.15, 0.2) is 30.3 Å². The molecule has 1 aromatic rings. The number of amides is 1. The van der Waals surface area contributed by atoms with E-state index in [1.165, 1.54) is 4.90 Å². The van der Waals surface area contributed by atoms with E-state index in [1.54, 1.807) is 6.92 Å². The molecule has 0 spiro atoms. The van der Waals surface area contributed by atoms with Gasteiger partial charge in [-0.3, -0.25) is 14.5 Å². The van der Waals surface area contributed by atoms with Gasteiger partial charge in [0.2, 0.25) is 0 Å². The number of hydrogen-bond donors (Lipinski definition) is 0. The predicted octanol–water partition coefficient (Wildman–Crippen LogP) is 1.92. The van der Waals surface area contributed by atoms with Crippen molar-refractivity contribution in [3.05, 3.63) is 35.9 Å². The standard InChI is InChI=1S/C16H19NO5/c1-2-21-15(19)10-13-14(18)8-9-17(13)16(20)22-11-12-6-4-3-5-7-12/h3-7,13H,2,8-11H2,1H3/t13-/m1/s1. The lowest BCUT2D eigenvalue weighted by Gasteiger charge is -2.22. The van der Waals surface area contributed by atoms with Crippen LogP contribution in [0.1, 0.15) is 25.3 Å². The fourth-order valence-corrected chi connectivity index (χ4v) is 2.35. The Morgan fingerprint density at radius 3 is 2.64 bits per heavy atom. The number of benzene rings is 1. The van der Waals surface area contributed by atoms with Crippen LogP contribution in [0, 0.1) is 0 Å². The second kappa shape index (κ2) is 7.59. The van der Waals surface area contributed by atoms with Gasteiger partial charge in [-0.25, -0.2) is 4.79 Å². The third-order valence-electron chi connectivity index (χ3n) is 3.45. The van der Waals surface area contributed by atoms with Crippen molar-refractivity contribution in [3.8, 4) is 0 Å². The molecule has 1 aromatic carbocycles. The van der Waals surface area contributed by atoms with Gasteiger partial charge in [0.05, 0.1) is 13.0 Å². The summed E-state index contributed by atoms with van der Waals surface area (Å²) in [5, 5.41) is 0. The van der Waals surface area contributed by atoms with Crippen LogP contribution < -0.4 is 0 Å². The van der Waals surface area contributed by atoms with E-state index >= 15 is 0 Å². The minimum absolute atomic E-state index is 0.118. The number of ketones is 1. The molecule has 6 heteroatoms. The summed E-state index contributed by atoms with van der Waals surface area (Å²) in [6.07, 6.45) is -0.457. The Kier molecular flexibility index (Phi) is 5.52. The first-order chi connectivity index (χ1) is 10.6. The van der Waals surface area contributed by atoms with Crippen LogP contribution in [0.25, 0.3) is 0 Å². The maximum absolute atomic E-state index is 12.1. The van der Waals surface area contributed by atoms with Gasteiger partial charge in [0.15, 0.2) is 5.78 Å². The zero-order valence-corrected chi connectivity index (χ0v) is 12.5. The fraction of sp³-hybridized carbons (Fsp3) is 0.438. The number of likely N-dealkylation sites (tertiary alicyclic amines) is 1. The van der Waals surface area contributed by atoms with Gasteiger partial charge in [0.25, 0.3) is 0 Å². The van der Waals surface area contributed by atoms with Crippen molar-refractivity contribution in [1.29, 1.82) is 0 Å². The summed E-state index contributed by atoms with van der Waals surface area (Å²) in [4.78, 5) is 36.8. The lowest BCUT2D eigenvalue weighted by Crippen LogP contribution is -2.40. The Morgan fingerprint density at radius 1 is 1.23 bits per heavy atom. The first-order valence-corrected chi connectivity index (χ1v) is 7.27. The Morgan fingerprint density at radius 2 is 1.95 bits per heavy atom. The number of hydrogen-bond acceptors (Lipinski definition) is 5. The minimum Gasteiger partial charge on any atom is -0.466 e. The molecule has 0 saturated carbocycles. The molecule has 0 bridgehead atoms. The molecule has 1 atom stereocenters. The minimum atomic E-state index is -0.776. The highest BCUT2D eigenvalue weighted by Gasteiger charge is 2.38. The van der Waals surface area contributed by atoms with E-state index in [-0.39, 0.29) is 38.4 Å². The first-order valence-electron chi connectivity index (χ1n) is 7.27. The summed E-state index contributed by atoms with van der Waals surface area (Å²) in [6.45, 7) is 2.35. The van der Waals surface area contributed by atoms with Crippen molar-refractivity contribution in [1.82, 2.24) is 4.90 Å². The molecular weight excluding hydrogens is 286 g/mol. The molecular formula is C16H19NO5. The molecule has 22 heavy (non-hydrogen) atoms. The molecule has 1 saturated heterocycles. The third kappa shape index (κ3) is 4.07. The highest BCUT2D eigenvalue weighted by Crippen LogP contribution is 2.19. The van der Waals surface area contributed by atoms with Gasteiger partial charge in [-0.1, -0.05) is 30.3 Å². The van der Waals surface area contributed by atoms with E-state index in [9.17, 15) is 14.4 Å². The molecule has 0 radical (unpaired) electrons. The predicted molar refractivity (Wildman–Crippen MR) is 78.0 cm³/mol. The Bertz CT molecular complexity index is 543. The van der Waals surface area contributed by atoms with Gasteiger partial charge in [-0.15, -0.1) is 0 Å². The number of rotatable bonds is 5. The largest absolute Gasteiger partial charge is 0.466 e. The van der Waals surface area contributed by atoms with Crippen molar-refractivity contribution >= 4 is 17.8 Å². The molecule has 0 unspecified atom stereocenters. The SMILES string of the molecule is CCOC(=O)C[C@@H]1C(=O)CCN1C(=O)OCc1ccccc1. The number of nitrogens with zero attached hydrogens (tertiary/aromatic N) is 1. The normalized spacial score (nSPS) is 17.4. The highest BCUT2D eigenvalue weighted by molar-refractivity contribution is 5.93. The number of esters is 1. The number of carbonyl (C=O) groups excluding carboxylic acids is 3. The monoisotopic (exact) mass is 305 g/mol.